The Morgan fingerprint density at radius 2 is 1.94 bits per heavy atom. The van der Waals surface area contributed by atoms with Crippen LogP contribution in [-0.4, -0.2) is 20.1 Å². The van der Waals surface area contributed by atoms with E-state index in [4.69, 9.17) is 0 Å². The maximum atomic E-state index is 12.1. The van der Waals surface area contributed by atoms with Crippen LogP contribution < -0.4 is 4.72 Å². The second kappa shape index (κ2) is 4.55. The summed E-state index contributed by atoms with van der Waals surface area (Å²) >= 11 is 0. The Balaban J connectivity index is 2.12. The summed E-state index contributed by atoms with van der Waals surface area (Å²) in [4.78, 5) is -0.0513. The fourth-order valence-electron chi connectivity index (χ4n) is 2.12. The summed E-state index contributed by atoms with van der Waals surface area (Å²) in [5.41, 5.74) is 0.109. The van der Waals surface area contributed by atoms with E-state index in [0.29, 0.717) is 12.5 Å². The molecule has 0 aromatic heterocycles. The van der Waals surface area contributed by atoms with E-state index in [1.165, 1.54) is 12.1 Å². The molecule has 0 bridgehead atoms. The zero-order valence-electron chi connectivity index (χ0n) is 10.7. The summed E-state index contributed by atoms with van der Waals surface area (Å²) in [5, 5.41) is 9.58. The maximum Gasteiger partial charge on any atom is 0.244 e. The molecule has 0 spiro atoms. The van der Waals surface area contributed by atoms with Crippen molar-refractivity contribution in [3.63, 3.8) is 0 Å². The number of hydrogen-bond donors (Lipinski definition) is 2. The maximum absolute atomic E-state index is 12.1. The van der Waals surface area contributed by atoms with Gasteiger partial charge in [0.1, 0.15) is 10.6 Å². The topological polar surface area (TPSA) is 66.4 Å². The Morgan fingerprint density at radius 1 is 1.33 bits per heavy atom. The van der Waals surface area contributed by atoms with E-state index in [1.54, 1.807) is 12.1 Å². The Bertz CT molecular complexity index is 533. The van der Waals surface area contributed by atoms with Gasteiger partial charge in [0, 0.05) is 6.54 Å². The van der Waals surface area contributed by atoms with Crippen molar-refractivity contribution in [2.24, 2.45) is 11.3 Å². The van der Waals surface area contributed by atoms with Crippen LogP contribution in [0.3, 0.4) is 0 Å². The Hall–Kier alpha value is -1.07. The minimum Gasteiger partial charge on any atom is -0.507 e. The number of benzene rings is 1. The quantitative estimate of drug-likeness (QED) is 0.860. The van der Waals surface area contributed by atoms with Crippen molar-refractivity contribution >= 4 is 10.0 Å². The largest absolute Gasteiger partial charge is 0.507 e. The number of hydrogen-bond acceptors (Lipinski definition) is 3. The SMILES string of the molecule is CC(C)C1(CNS(=O)(=O)c2ccccc2O)CC1. The van der Waals surface area contributed by atoms with E-state index < -0.39 is 10.0 Å². The molecule has 1 aromatic rings. The summed E-state index contributed by atoms with van der Waals surface area (Å²) in [7, 11) is -3.62. The van der Waals surface area contributed by atoms with E-state index >= 15 is 0 Å². The first kappa shape index (κ1) is 13.4. The number of nitrogens with one attached hydrogen (secondary N) is 1. The molecule has 0 amide bonds. The molecule has 1 saturated carbocycles. The molecular weight excluding hydrogens is 250 g/mol. The van der Waals surface area contributed by atoms with Crippen molar-refractivity contribution in [2.45, 2.75) is 31.6 Å². The van der Waals surface area contributed by atoms with Crippen LogP contribution in [0.5, 0.6) is 5.75 Å². The molecule has 1 aliphatic carbocycles. The highest BCUT2D eigenvalue weighted by Gasteiger charge is 2.45. The van der Waals surface area contributed by atoms with Gasteiger partial charge < -0.3 is 5.11 Å². The lowest BCUT2D eigenvalue weighted by Gasteiger charge is -2.20. The number of sulfonamides is 1. The van der Waals surface area contributed by atoms with Crippen molar-refractivity contribution in [3.05, 3.63) is 24.3 Å². The van der Waals surface area contributed by atoms with Crippen molar-refractivity contribution in [3.8, 4) is 5.75 Å². The molecule has 5 heteroatoms. The second-order valence-electron chi connectivity index (χ2n) is 5.31. The standard InChI is InChI=1S/C13H19NO3S/c1-10(2)13(7-8-13)9-14-18(16,17)12-6-4-3-5-11(12)15/h3-6,10,14-15H,7-9H2,1-2H3. The Morgan fingerprint density at radius 3 is 2.44 bits per heavy atom. The molecular formula is C13H19NO3S. The van der Waals surface area contributed by atoms with E-state index in [-0.39, 0.29) is 16.1 Å². The van der Waals surface area contributed by atoms with Gasteiger partial charge in [-0.1, -0.05) is 26.0 Å². The lowest BCUT2D eigenvalue weighted by atomic mass is 9.93. The summed E-state index contributed by atoms with van der Waals surface area (Å²) < 4.78 is 26.8. The highest BCUT2D eigenvalue weighted by atomic mass is 32.2. The zero-order valence-corrected chi connectivity index (χ0v) is 11.5. The van der Waals surface area contributed by atoms with Crippen LogP contribution in [0.15, 0.2) is 29.2 Å². The summed E-state index contributed by atoms with van der Waals surface area (Å²) in [6, 6.07) is 5.99. The van der Waals surface area contributed by atoms with Crippen LogP contribution in [0.2, 0.25) is 0 Å². The van der Waals surface area contributed by atoms with Crippen LogP contribution >= 0.6 is 0 Å². The molecule has 1 fully saturated rings. The molecule has 0 heterocycles. The second-order valence-corrected chi connectivity index (χ2v) is 7.04. The monoisotopic (exact) mass is 269 g/mol. The van der Waals surface area contributed by atoms with Gasteiger partial charge >= 0.3 is 0 Å². The number of rotatable bonds is 5. The minimum absolute atomic E-state index is 0.0513. The minimum atomic E-state index is -3.62. The van der Waals surface area contributed by atoms with Gasteiger partial charge in [0.25, 0.3) is 0 Å². The third-order valence-electron chi connectivity index (χ3n) is 3.89. The average molecular weight is 269 g/mol. The molecule has 0 saturated heterocycles. The van der Waals surface area contributed by atoms with Crippen LogP contribution in [0, 0.1) is 11.3 Å². The summed E-state index contributed by atoms with van der Waals surface area (Å²) in [6.07, 6.45) is 2.13. The van der Waals surface area contributed by atoms with Crippen molar-refractivity contribution in [2.75, 3.05) is 6.54 Å². The highest BCUT2D eigenvalue weighted by molar-refractivity contribution is 7.89. The van der Waals surface area contributed by atoms with Crippen molar-refractivity contribution in [1.29, 1.82) is 0 Å². The molecule has 4 nitrogen and oxygen atoms in total. The summed E-state index contributed by atoms with van der Waals surface area (Å²) in [5.74, 6) is 0.254. The van der Waals surface area contributed by atoms with E-state index in [9.17, 15) is 13.5 Å². The zero-order chi connectivity index (χ0) is 13.4. The molecule has 0 unspecified atom stereocenters. The number of para-hydroxylation sites is 1. The van der Waals surface area contributed by atoms with Gasteiger partial charge in [-0.15, -0.1) is 0 Å². The number of aromatic hydroxyl groups is 1. The molecule has 1 aromatic carbocycles. The van der Waals surface area contributed by atoms with Crippen LogP contribution in [0.25, 0.3) is 0 Å². The first-order valence-corrected chi connectivity index (χ1v) is 7.63. The fourth-order valence-corrected chi connectivity index (χ4v) is 3.35. The lowest BCUT2D eigenvalue weighted by molar-refractivity contribution is 0.357. The Labute approximate surface area is 108 Å². The fraction of sp³-hybridized carbons (Fsp3) is 0.538. The predicted octanol–water partition coefficient (Wildman–Crippen LogP) is 2.11. The first-order chi connectivity index (χ1) is 8.37. The molecule has 2 N–H and O–H groups in total. The van der Waals surface area contributed by atoms with Crippen molar-refractivity contribution < 1.29 is 13.5 Å². The summed E-state index contributed by atoms with van der Waals surface area (Å²) in [6.45, 7) is 4.67. The molecule has 1 aliphatic rings. The predicted molar refractivity (Wildman–Crippen MR) is 69.8 cm³/mol. The highest BCUT2D eigenvalue weighted by Crippen LogP contribution is 2.51. The van der Waals surface area contributed by atoms with Gasteiger partial charge in [-0.25, -0.2) is 13.1 Å². The van der Waals surface area contributed by atoms with E-state index in [0.717, 1.165) is 12.8 Å². The average Bonchev–Trinajstić information content (AvgIpc) is 3.08. The van der Waals surface area contributed by atoms with E-state index in [2.05, 4.69) is 18.6 Å². The molecule has 0 radical (unpaired) electrons. The van der Waals surface area contributed by atoms with Crippen LogP contribution in [0.1, 0.15) is 26.7 Å². The molecule has 100 valence electrons. The third-order valence-corrected chi connectivity index (χ3v) is 5.33. The molecule has 18 heavy (non-hydrogen) atoms. The molecule has 0 atom stereocenters. The van der Waals surface area contributed by atoms with Gasteiger partial charge in [0.2, 0.25) is 10.0 Å². The third kappa shape index (κ3) is 2.52. The normalized spacial score (nSPS) is 17.9. The van der Waals surface area contributed by atoms with E-state index in [1.807, 2.05) is 0 Å². The van der Waals surface area contributed by atoms with Crippen LogP contribution in [0.4, 0.5) is 0 Å². The van der Waals surface area contributed by atoms with Gasteiger partial charge in [0.05, 0.1) is 0 Å². The van der Waals surface area contributed by atoms with Gasteiger partial charge in [0.15, 0.2) is 0 Å². The Kier molecular flexibility index (Phi) is 3.38. The number of phenolic OH excluding ortho intramolecular Hbond substituents is 1. The van der Waals surface area contributed by atoms with Gasteiger partial charge in [-0.05, 0) is 36.3 Å². The molecule has 2 rings (SSSR count). The van der Waals surface area contributed by atoms with Crippen LogP contribution in [-0.2, 0) is 10.0 Å². The van der Waals surface area contributed by atoms with Gasteiger partial charge in [-0.2, -0.15) is 0 Å². The smallest absolute Gasteiger partial charge is 0.244 e. The first-order valence-electron chi connectivity index (χ1n) is 6.15. The molecule has 0 aliphatic heterocycles. The van der Waals surface area contributed by atoms with Gasteiger partial charge in [-0.3, -0.25) is 0 Å². The van der Waals surface area contributed by atoms with Crippen molar-refractivity contribution in [1.82, 2.24) is 4.72 Å². The lowest BCUT2D eigenvalue weighted by Crippen LogP contribution is -2.32. The number of phenols is 1.